The first kappa shape index (κ1) is 11.6. The van der Waals surface area contributed by atoms with Crippen molar-refractivity contribution in [1.82, 2.24) is 9.80 Å². The van der Waals surface area contributed by atoms with Gasteiger partial charge < -0.3 is 4.90 Å². The second kappa shape index (κ2) is 5.43. The van der Waals surface area contributed by atoms with E-state index >= 15 is 0 Å². The summed E-state index contributed by atoms with van der Waals surface area (Å²) >= 11 is 0. The summed E-state index contributed by atoms with van der Waals surface area (Å²) in [4.78, 5) is 5.45. The van der Waals surface area contributed by atoms with Gasteiger partial charge in [-0.15, -0.1) is 0 Å². The van der Waals surface area contributed by atoms with Gasteiger partial charge in [0.2, 0.25) is 0 Å². The molecule has 0 N–H and O–H groups in total. The quantitative estimate of drug-likeness (QED) is 0.724. The number of allylic oxidation sites excluding steroid dienone is 1. The minimum Gasteiger partial charge on any atom is -0.374 e. The molecule has 3 aliphatic rings. The molecule has 2 heteroatoms. The summed E-state index contributed by atoms with van der Waals surface area (Å²) < 4.78 is 0. The molecule has 96 valence electrons. The molecule has 2 aliphatic heterocycles. The fraction of sp³-hybridized carbons (Fsp3) is 0.867. The van der Waals surface area contributed by atoms with Crippen LogP contribution in [0.25, 0.3) is 0 Å². The van der Waals surface area contributed by atoms with E-state index in [4.69, 9.17) is 0 Å². The molecule has 0 spiro atoms. The van der Waals surface area contributed by atoms with Gasteiger partial charge in [-0.3, -0.25) is 4.90 Å². The molecule has 0 saturated carbocycles. The van der Waals surface area contributed by atoms with Crippen molar-refractivity contribution in [3.05, 3.63) is 11.8 Å². The fourth-order valence-corrected chi connectivity index (χ4v) is 3.75. The minimum absolute atomic E-state index is 0.762. The molecule has 17 heavy (non-hydrogen) atoms. The Hall–Kier alpha value is -0.500. The molecule has 0 aromatic heterocycles. The average molecular weight is 234 g/mol. The van der Waals surface area contributed by atoms with E-state index in [0.29, 0.717) is 0 Å². The minimum atomic E-state index is 0.762. The number of likely N-dealkylation sites (tertiary alicyclic amines) is 2. The van der Waals surface area contributed by atoms with Gasteiger partial charge in [0.05, 0.1) is 0 Å². The smallest absolute Gasteiger partial charge is 0.0493 e. The van der Waals surface area contributed by atoms with Crippen LogP contribution in [0.4, 0.5) is 0 Å². The lowest BCUT2D eigenvalue weighted by atomic mass is 10.1. The summed E-state index contributed by atoms with van der Waals surface area (Å²) in [7, 11) is 0. The van der Waals surface area contributed by atoms with Crippen LogP contribution in [-0.4, -0.2) is 42.0 Å². The highest BCUT2D eigenvalue weighted by atomic mass is 15.2. The maximum absolute atomic E-state index is 2.76. The molecule has 2 saturated heterocycles. The first-order valence-corrected chi connectivity index (χ1v) is 7.64. The number of nitrogens with zero attached hydrogens (tertiary/aromatic N) is 2. The molecule has 1 unspecified atom stereocenters. The lowest BCUT2D eigenvalue weighted by Crippen LogP contribution is -2.39. The second-order valence-corrected chi connectivity index (χ2v) is 5.87. The third-order valence-corrected chi connectivity index (χ3v) is 4.68. The van der Waals surface area contributed by atoms with E-state index in [0.717, 1.165) is 6.04 Å². The number of rotatable bonds is 2. The van der Waals surface area contributed by atoms with Crippen molar-refractivity contribution < 1.29 is 0 Å². The van der Waals surface area contributed by atoms with Crippen LogP contribution in [0.5, 0.6) is 0 Å². The van der Waals surface area contributed by atoms with Crippen molar-refractivity contribution >= 4 is 0 Å². The Kier molecular flexibility index (Phi) is 3.70. The van der Waals surface area contributed by atoms with E-state index in [9.17, 15) is 0 Å². The van der Waals surface area contributed by atoms with E-state index in [2.05, 4.69) is 15.9 Å². The summed E-state index contributed by atoms with van der Waals surface area (Å²) in [5, 5.41) is 0. The van der Waals surface area contributed by atoms with Gasteiger partial charge in [-0.25, -0.2) is 0 Å². The largest absolute Gasteiger partial charge is 0.374 e. The molecule has 1 atom stereocenters. The highest BCUT2D eigenvalue weighted by Gasteiger charge is 2.29. The van der Waals surface area contributed by atoms with Crippen LogP contribution < -0.4 is 0 Å². The monoisotopic (exact) mass is 234 g/mol. The van der Waals surface area contributed by atoms with Gasteiger partial charge in [0, 0.05) is 24.8 Å². The van der Waals surface area contributed by atoms with E-state index in [1.54, 1.807) is 5.70 Å². The summed E-state index contributed by atoms with van der Waals surface area (Å²) in [5.74, 6) is 0. The van der Waals surface area contributed by atoms with Crippen LogP contribution in [0.1, 0.15) is 51.4 Å². The molecule has 2 nitrogen and oxygen atoms in total. The van der Waals surface area contributed by atoms with E-state index in [1.807, 2.05) is 0 Å². The van der Waals surface area contributed by atoms with Gasteiger partial charge in [0.15, 0.2) is 0 Å². The predicted octanol–water partition coefficient (Wildman–Crippen LogP) is 3.00. The van der Waals surface area contributed by atoms with Gasteiger partial charge in [0.1, 0.15) is 0 Å². The Bertz CT molecular complexity index is 273. The van der Waals surface area contributed by atoms with Gasteiger partial charge in [-0.05, 0) is 58.0 Å². The lowest BCUT2D eigenvalue weighted by Gasteiger charge is -2.34. The van der Waals surface area contributed by atoms with Gasteiger partial charge >= 0.3 is 0 Å². The van der Waals surface area contributed by atoms with Crippen LogP contribution in [-0.2, 0) is 0 Å². The molecule has 2 heterocycles. The van der Waals surface area contributed by atoms with Gasteiger partial charge in [-0.2, -0.15) is 0 Å². The van der Waals surface area contributed by atoms with Crippen molar-refractivity contribution in [3.63, 3.8) is 0 Å². The molecule has 0 aromatic carbocycles. The molecule has 0 amide bonds. The van der Waals surface area contributed by atoms with Crippen molar-refractivity contribution in [2.24, 2.45) is 0 Å². The van der Waals surface area contributed by atoms with Crippen molar-refractivity contribution in [2.45, 2.75) is 57.4 Å². The average Bonchev–Trinajstić information content (AvgIpc) is 2.99. The van der Waals surface area contributed by atoms with Crippen LogP contribution in [0, 0.1) is 0 Å². The molecule has 0 aromatic rings. The van der Waals surface area contributed by atoms with Crippen LogP contribution >= 0.6 is 0 Å². The van der Waals surface area contributed by atoms with E-state index in [-0.39, 0.29) is 0 Å². The van der Waals surface area contributed by atoms with Crippen LogP contribution in [0.3, 0.4) is 0 Å². The number of hydrogen-bond donors (Lipinski definition) is 0. The molecule has 0 radical (unpaired) electrons. The Labute approximate surface area is 106 Å². The molecule has 0 bridgehead atoms. The summed E-state index contributed by atoms with van der Waals surface area (Å²) in [6, 6.07) is 0.762. The summed E-state index contributed by atoms with van der Waals surface area (Å²) in [5.41, 5.74) is 1.70. The molecule has 2 fully saturated rings. The first-order valence-electron chi connectivity index (χ1n) is 7.64. The normalized spacial score (nSPS) is 31.6. The fourth-order valence-electron chi connectivity index (χ4n) is 3.75. The number of hydrogen-bond acceptors (Lipinski definition) is 2. The highest BCUT2D eigenvalue weighted by Crippen LogP contribution is 2.29. The van der Waals surface area contributed by atoms with Crippen molar-refractivity contribution in [2.75, 3.05) is 26.2 Å². The molecular formula is C15H26N2. The molecular weight excluding hydrogens is 208 g/mol. The summed E-state index contributed by atoms with van der Waals surface area (Å²) in [6.07, 6.45) is 13.8. The van der Waals surface area contributed by atoms with Gasteiger partial charge in [0.25, 0.3) is 0 Å². The summed E-state index contributed by atoms with van der Waals surface area (Å²) in [6.45, 7) is 5.32. The van der Waals surface area contributed by atoms with Crippen molar-refractivity contribution in [1.29, 1.82) is 0 Å². The third-order valence-electron chi connectivity index (χ3n) is 4.68. The lowest BCUT2D eigenvalue weighted by molar-refractivity contribution is 0.218. The molecule has 1 aliphatic carbocycles. The zero-order valence-corrected chi connectivity index (χ0v) is 11.0. The van der Waals surface area contributed by atoms with Crippen molar-refractivity contribution in [3.8, 4) is 0 Å². The van der Waals surface area contributed by atoms with E-state index in [1.165, 1.54) is 77.5 Å². The zero-order chi connectivity index (χ0) is 11.5. The third kappa shape index (κ3) is 2.52. The van der Waals surface area contributed by atoms with Crippen LogP contribution in [0.15, 0.2) is 11.8 Å². The maximum atomic E-state index is 2.76. The Morgan fingerprint density at radius 2 is 1.53 bits per heavy atom. The van der Waals surface area contributed by atoms with Crippen LogP contribution in [0.2, 0.25) is 0 Å². The predicted molar refractivity (Wildman–Crippen MR) is 72.0 cm³/mol. The zero-order valence-electron chi connectivity index (χ0n) is 11.0. The second-order valence-electron chi connectivity index (χ2n) is 5.87. The highest BCUT2D eigenvalue weighted by molar-refractivity contribution is 5.13. The SMILES string of the molecule is C1=C(N2CCCC2)C(N2CCCC2)CCCC1. The Morgan fingerprint density at radius 1 is 0.824 bits per heavy atom. The first-order chi connectivity index (χ1) is 8.45. The Balaban J connectivity index is 1.76. The maximum Gasteiger partial charge on any atom is 0.0493 e. The van der Waals surface area contributed by atoms with Gasteiger partial charge in [-0.1, -0.05) is 12.5 Å². The Morgan fingerprint density at radius 3 is 2.29 bits per heavy atom. The standard InChI is InChI=1S/C15H26N2/c1-2-8-14(16-10-4-5-11-16)15(9-3-1)17-12-6-7-13-17/h8,15H,1-7,9-13H2. The topological polar surface area (TPSA) is 6.48 Å². The molecule has 3 rings (SSSR count). The van der Waals surface area contributed by atoms with E-state index < -0.39 is 0 Å².